The van der Waals surface area contributed by atoms with Gasteiger partial charge in [0, 0.05) is 40.2 Å². The lowest BCUT2D eigenvalue weighted by atomic mass is 9.86. The van der Waals surface area contributed by atoms with Crippen LogP contribution in [0.5, 0.6) is 5.75 Å². The highest BCUT2D eigenvalue weighted by atomic mass is 35.5. The van der Waals surface area contributed by atoms with E-state index < -0.39 is 23.1 Å². The number of amides is 1. The molecule has 0 aliphatic rings. The van der Waals surface area contributed by atoms with Crippen LogP contribution in [0.4, 0.5) is 8.78 Å². The molecule has 0 spiro atoms. The van der Waals surface area contributed by atoms with Crippen LogP contribution in [-0.4, -0.2) is 17.6 Å². The van der Waals surface area contributed by atoms with Crippen molar-refractivity contribution in [1.82, 2.24) is 5.32 Å². The van der Waals surface area contributed by atoms with Gasteiger partial charge in [0.1, 0.15) is 17.4 Å². The third-order valence-corrected chi connectivity index (χ3v) is 5.89. The molecule has 2 atom stereocenters. The van der Waals surface area contributed by atoms with E-state index in [1.807, 2.05) is 55.5 Å². The second kappa shape index (κ2) is 10.5. The van der Waals surface area contributed by atoms with Gasteiger partial charge in [-0.3, -0.25) is 4.79 Å². The zero-order valence-corrected chi connectivity index (χ0v) is 20.1. The predicted molar refractivity (Wildman–Crippen MR) is 128 cm³/mol. The maximum absolute atomic E-state index is 13.5. The number of carbonyl (C=O) groups excluding carboxylic acids is 1. The minimum Gasteiger partial charge on any atom is -0.478 e. The molecule has 0 aromatic heterocycles. The Labute approximate surface area is 202 Å². The Balaban J connectivity index is 1.79. The Hall–Kier alpha value is -2.63. The van der Waals surface area contributed by atoms with Crippen molar-refractivity contribution in [1.29, 1.82) is 0 Å². The Morgan fingerprint density at radius 3 is 2.00 bits per heavy atom. The molecule has 1 amide bonds. The molecular weight excluding hydrogens is 467 g/mol. The summed E-state index contributed by atoms with van der Waals surface area (Å²) in [5, 5.41) is 4.28. The normalized spacial score (nSPS) is 13.3. The number of rotatable bonds is 8. The minimum atomic E-state index is -1.36. The largest absolute Gasteiger partial charge is 0.478 e. The number of carbonyl (C=O) groups is 1. The average molecular weight is 492 g/mol. The summed E-state index contributed by atoms with van der Waals surface area (Å²) in [6.45, 7) is 5.01. The van der Waals surface area contributed by atoms with E-state index in [-0.39, 0.29) is 17.7 Å². The van der Waals surface area contributed by atoms with Crippen molar-refractivity contribution >= 4 is 29.1 Å². The lowest BCUT2D eigenvalue weighted by Crippen LogP contribution is -2.51. The fourth-order valence-corrected chi connectivity index (χ4v) is 3.83. The molecule has 174 valence electrons. The fourth-order valence-electron chi connectivity index (χ4n) is 3.58. The van der Waals surface area contributed by atoms with Crippen molar-refractivity contribution in [3.63, 3.8) is 0 Å². The Kier molecular flexibility index (Phi) is 7.98. The summed E-state index contributed by atoms with van der Waals surface area (Å²) in [7, 11) is 0. The first-order valence-electron chi connectivity index (χ1n) is 10.5. The van der Waals surface area contributed by atoms with Crippen LogP contribution >= 0.6 is 23.2 Å². The average Bonchev–Trinajstić information content (AvgIpc) is 2.73. The monoisotopic (exact) mass is 491 g/mol. The standard InChI is InChI=1S/C26H25Cl2F2NO2/c1-16(31-25(32)26(2,3)33-23-14-21(29)13-22(30)15-23)24(18-6-10-20(28)11-7-18)12-17-4-8-19(27)9-5-17/h4-11,13-16,24H,12H2,1-3H3,(H,31,32). The molecule has 0 bridgehead atoms. The van der Waals surface area contributed by atoms with Gasteiger partial charge in [0.05, 0.1) is 0 Å². The topological polar surface area (TPSA) is 38.3 Å². The van der Waals surface area contributed by atoms with Crippen molar-refractivity contribution in [3.8, 4) is 5.75 Å². The predicted octanol–water partition coefficient (Wildman–Crippen LogP) is 6.96. The van der Waals surface area contributed by atoms with Crippen LogP contribution in [-0.2, 0) is 11.2 Å². The number of hydrogen-bond donors (Lipinski definition) is 1. The zero-order valence-electron chi connectivity index (χ0n) is 18.5. The summed E-state index contributed by atoms with van der Waals surface area (Å²) in [6.07, 6.45) is 0.649. The minimum absolute atomic E-state index is 0.0595. The number of halogens is 4. The highest BCUT2D eigenvalue weighted by Crippen LogP contribution is 2.28. The van der Waals surface area contributed by atoms with E-state index in [1.165, 1.54) is 0 Å². The van der Waals surface area contributed by atoms with Crippen molar-refractivity contribution in [2.24, 2.45) is 0 Å². The van der Waals surface area contributed by atoms with Crippen molar-refractivity contribution in [2.75, 3.05) is 0 Å². The molecule has 0 radical (unpaired) electrons. The highest BCUT2D eigenvalue weighted by Gasteiger charge is 2.33. The summed E-state index contributed by atoms with van der Waals surface area (Å²) in [4.78, 5) is 13.1. The van der Waals surface area contributed by atoms with Gasteiger partial charge in [0.25, 0.3) is 5.91 Å². The van der Waals surface area contributed by atoms with Crippen molar-refractivity contribution in [3.05, 3.63) is 99.5 Å². The third kappa shape index (κ3) is 6.92. The summed E-state index contributed by atoms with van der Waals surface area (Å²) < 4.78 is 32.7. The Morgan fingerprint density at radius 2 is 1.45 bits per heavy atom. The Bertz CT molecular complexity index is 1080. The van der Waals surface area contributed by atoms with E-state index in [0.29, 0.717) is 16.5 Å². The molecule has 0 aliphatic carbocycles. The maximum Gasteiger partial charge on any atom is 0.263 e. The first kappa shape index (κ1) is 25.0. The molecule has 7 heteroatoms. The van der Waals surface area contributed by atoms with E-state index in [4.69, 9.17) is 27.9 Å². The van der Waals surface area contributed by atoms with Gasteiger partial charge in [-0.1, -0.05) is 47.5 Å². The highest BCUT2D eigenvalue weighted by molar-refractivity contribution is 6.30. The smallest absolute Gasteiger partial charge is 0.263 e. The van der Waals surface area contributed by atoms with Crippen LogP contribution in [0.1, 0.15) is 37.8 Å². The quantitative estimate of drug-likeness (QED) is 0.369. The fraction of sp³-hybridized carbons (Fsp3) is 0.269. The molecule has 0 saturated carbocycles. The van der Waals surface area contributed by atoms with Gasteiger partial charge in [-0.2, -0.15) is 0 Å². The van der Waals surface area contributed by atoms with Gasteiger partial charge in [0.15, 0.2) is 5.60 Å². The lowest BCUT2D eigenvalue weighted by Gasteiger charge is -2.31. The van der Waals surface area contributed by atoms with E-state index in [1.54, 1.807) is 13.8 Å². The van der Waals surface area contributed by atoms with Gasteiger partial charge < -0.3 is 10.1 Å². The number of hydrogen-bond acceptors (Lipinski definition) is 2. The zero-order chi connectivity index (χ0) is 24.2. The summed E-state index contributed by atoms with van der Waals surface area (Å²) in [5.74, 6) is -2.10. The molecule has 0 aliphatic heterocycles. The molecule has 0 saturated heterocycles. The first-order chi connectivity index (χ1) is 15.5. The molecule has 3 aromatic rings. The van der Waals surface area contributed by atoms with E-state index in [9.17, 15) is 13.6 Å². The summed E-state index contributed by atoms with van der Waals surface area (Å²) >= 11 is 12.1. The molecule has 3 aromatic carbocycles. The van der Waals surface area contributed by atoms with Crippen LogP contribution in [0.3, 0.4) is 0 Å². The van der Waals surface area contributed by atoms with Gasteiger partial charge in [-0.25, -0.2) is 8.78 Å². The van der Waals surface area contributed by atoms with Gasteiger partial charge in [0.2, 0.25) is 0 Å². The summed E-state index contributed by atoms with van der Waals surface area (Å²) in [5.41, 5.74) is 0.707. The molecule has 1 N–H and O–H groups in total. The van der Waals surface area contributed by atoms with Gasteiger partial charge in [-0.15, -0.1) is 0 Å². The molecule has 2 unspecified atom stereocenters. The molecular formula is C26H25Cl2F2NO2. The second-order valence-corrected chi connectivity index (χ2v) is 9.34. The summed E-state index contributed by atoms with van der Waals surface area (Å²) in [6, 6.07) is 17.6. The number of benzene rings is 3. The maximum atomic E-state index is 13.5. The van der Waals surface area contributed by atoms with Crippen LogP contribution in [0.25, 0.3) is 0 Å². The molecule has 33 heavy (non-hydrogen) atoms. The van der Waals surface area contributed by atoms with Gasteiger partial charge in [-0.05, 0) is 62.6 Å². The van der Waals surface area contributed by atoms with E-state index in [0.717, 1.165) is 29.3 Å². The second-order valence-electron chi connectivity index (χ2n) is 8.47. The van der Waals surface area contributed by atoms with E-state index in [2.05, 4.69) is 5.32 Å². The van der Waals surface area contributed by atoms with Crippen LogP contribution in [0, 0.1) is 11.6 Å². The molecule has 0 heterocycles. The van der Waals surface area contributed by atoms with Crippen LogP contribution < -0.4 is 10.1 Å². The van der Waals surface area contributed by atoms with Gasteiger partial charge >= 0.3 is 0 Å². The van der Waals surface area contributed by atoms with Crippen LogP contribution in [0.15, 0.2) is 66.7 Å². The molecule has 0 fully saturated rings. The van der Waals surface area contributed by atoms with E-state index >= 15 is 0 Å². The molecule has 3 rings (SSSR count). The Morgan fingerprint density at radius 1 is 0.939 bits per heavy atom. The lowest BCUT2D eigenvalue weighted by molar-refractivity contribution is -0.135. The number of ether oxygens (including phenoxy) is 1. The first-order valence-corrected chi connectivity index (χ1v) is 11.2. The van der Waals surface area contributed by atoms with Crippen molar-refractivity contribution < 1.29 is 18.3 Å². The van der Waals surface area contributed by atoms with Crippen molar-refractivity contribution in [2.45, 2.75) is 44.8 Å². The number of nitrogens with one attached hydrogen (secondary N) is 1. The third-order valence-electron chi connectivity index (χ3n) is 5.39. The SMILES string of the molecule is CC(NC(=O)C(C)(C)Oc1cc(F)cc(F)c1)C(Cc1ccc(Cl)cc1)c1ccc(Cl)cc1. The molecule has 3 nitrogen and oxygen atoms in total. The van der Waals surface area contributed by atoms with Crippen LogP contribution in [0.2, 0.25) is 10.0 Å².